The van der Waals surface area contributed by atoms with Crippen LogP contribution in [-0.2, 0) is 40.4 Å². The minimum absolute atomic E-state index is 0.0744. The fourth-order valence-electron chi connectivity index (χ4n) is 6.50. The van der Waals surface area contributed by atoms with Gasteiger partial charge in [0, 0.05) is 12.5 Å². The first kappa shape index (κ1) is 23.7. The van der Waals surface area contributed by atoms with Crippen molar-refractivity contribution in [2.45, 2.75) is 82.2 Å². The van der Waals surface area contributed by atoms with Crippen molar-refractivity contribution in [2.75, 3.05) is 7.11 Å². The first-order valence-corrected chi connectivity index (χ1v) is 12.0. The van der Waals surface area contributed by atoms with Crippen LogP contribution < -0.4 is 9.47 Å². The van der Waals surface area contributed by atoms with Crippen LogP contribution in [0.15, 0.2) is 24.0 Å². The summed E-state index contributed by atoms with van der Waals surface area (Å²) in [6.45, 7) is 3.93. The van der Waals surface area contributed by atoms with Gasteiger partial charge in [0.1, 0.15) is 5.76 Å². The van der Waals surface area contributed by atoms with E-state index in [1.165, 1.54) is 20.8 Å². The fraction of sp³-hybridized carbons (Fsp3) is 0.577. The monoisotopic (exact) mass is 486 g/mol. The van der Waals surface area contributed by atoms with Gasteiger partial charge < -0.3 is 28.8 Å². The Hall–Kier alpha value is -3.07. The zero-order chi connectivity index (χ0) is 25.1. The summed E-state index contributed by atoms with van der Waals surface area (Å²) in [7, 11) is 1.57. The van der Waals surface area contributed by atoms with Crippen LogP contribution in [0.5, 0.6) is 11.5 Å². The van der Waals surface area contributed by atoms with Crippen LogP contribution in [0.3, 0.4) is 0 Å². The third-order valence-electron chi connectivity index (χ3n) is 7.99. The molecule has 6 atom stereocenters. The lowest BCUT2D eigenvalue weighted by atomic mass is 9.47. The maximum atomic E-state index is 12.9. The number of aliphatic hydroxyl groups is 1. The minimum atomic E-state index is -1.24. The maximum absolute atomic E-state index is 12.9. The van der Waals surface area contributed by atoms with E-state index in [2.05, 4.69) is 0 Å². The molecule has 1 aromatic rings. The summed E-state index contributed by atoms with van der Waals surface area (Å²) in [5.74, 6) is -0.728. The second kappa shape index (κ2) is 8.26. The average Bonchev–Trinajstić information content (AvgIpc) is 3.15. The van der Waals surface area contributed by atoms with E-state index in [-0.39, 0.29) is 5.92 Å². The molecule has 1 aromatic carbocycles. The van der Waals surface area contributed by atoms with Crippen molar-refractivity contribution in [2.24, 2.45) is 5.92 Å². The zero-order valence-corrected chi connectivity index (χ0v) is 20.3. The standard InChI is InChI=1S/C26H30O9/c1-13(32-15(3)27)23(28)33-14(2)24(29)34-19-9-11-26(30)17-6-5-10-25(26)20-16(12-17)7-8-18(31-4)21(20)35-22(19)25/h7-9,13-14,17,22,30H,5-6,10-12H2,1-4H3/t13-,14-,17+,22-,25-,26+/m0/s1. The zero-order valence-electron chi connectivity index (χ0n) is 20.3. The molecule has 0 aromatic heterocycles. The van der Waals surface area contributed by atoms with Crippen LogP contribution in [-0.4, -0.2) is 54.0 Å². The number of hydrogen-bond donors (Lipinski definition) is 1. The molecular formula is C26H30O9. The molecule has 0 radical (unpaired) electrons. The number of esters is 3. The van der Waals surface area contributed by atoms with Crippen LogP contribution in [0.4, 0.5) is 0 Å². The van der Waals surface area contributed by atoms with Crippen LogP contribution >= 0.6 is 0 Å². The lowest BCUT2D eigenvalue weighted by molar-refractivity contribution is -0.178. The van der Waals surface area contributed by atoms with E-state index in [1.807, 2.05) is 12.1 Å². The Balaban J connectivity index is 1.43. The van der Waals surface area contributed by atoms with Crippen LogP contribution in [0.2, 0.25) is 0 Å². The van der Waals surface area contributed by atoms with E-state index < -0.39 is 47.2 Å². The van der Waals surface area contributed by atoms with Gasteiger partial charge in [-0.25, -0.2) is 9.59 Å². The van der Waals surface area contributed by atoms with Crippen molar-refractivity contribution in [1.29, 1.82) is 0 Å². The summed E-state index contributed by atoms with van der Waals surface area (Å²) in [4.78, 5) is 36.1. The van der Waals surface area contributed by atoms with E-state index in [1.54, 1.807) is 13.2 Å². The molecule has 3 aliphatic carbocycles. The number of benzene rings is 1. The van der Waals surface area contributed by atoms with Crippen molar-refractivity contribution >= 4 is 17.9 Å². The Labute approximate surface area is 203 Å². The molecule has 1 saturated carbocycles. The highest BCUT2D eigenvalue weighted by Crippen LogP contribution is 2.67. The van der Waals surface area contributed by atoms with Gasteiger partial charge in [-0.3, -0.25) is 4.79 Å². The van der Waals surface area contributed by atoms with Crippen LogP contribution in [0.25, 0.3) is 0 Å². The van der Waals surface area contributed by atoms with Gasteiger partial charge in [0.2, 0.25) is 0 Å². The highest BCUT2D eigenvalue weighted by atomic mass is 16.6. The minimum Gasteiger partial charge on any atom is -0.493 e. The summed E-state index contributed by atoms with van der Waals surface area (Å²) >= 11 is 0. The molecule has 1 spiro atoms. The van der Waals surface area contributed by atoms with Crippen molar-refractivity contribution in [3.8, 4) is 11.5 Å². The Bertz CT molecular complexity index is 1120. The smallest absolute Gasteiger partial charge is 0.352 e. The van der Waals surface area contributed by atoms with Gasteiger partial charge in [-0.15, -0.1) is 0 Å². The summed E-state index contributed by atoms with van der Waals surface area (Å²) in [5.41, 5.74) is 0.318. The molecule has 188 valence electrons. The van der Waals surface area contributed by atoms with Crippen molar-refractivity contribution in [1.82, 2.24) is 0 Å². The molecule has 1 fully saturated rings. The normalized spacial score (nSPS) is 31.2. The first-order chi connectivity index (χ1) is 16.6. The number of carbonyl (C=O) groups excluding carboxylic acids is 3. The quantitative estimate of drug-likeness (QED) is 0.478. The van der Waals surface area contributed by atoms with Crippen LogP contribution in [0.1, 0.15) is 57.6 Å². The molecule has 35 heavy (non-hydrogen) atoms. The highest BCUT2D eigenvalue weighted by molar-refractivity contribution is 5.83. The van der Waals surface area contributed by atoms with Gasteiger partial charge in [-0.05, 0) is 63.2 Å². The van der Waals surface area contributed by atoms with Crippen LogP contribution in [0, 0.1) is 5.92 Å². The molecule has 1 heterocycles. The Morgan fingerprint density at radius 3 is 2.60 bits per heavy atom. The molecule has 5 rings (SSSR count). The molecule has 9 heteroatoms. The number of carbonyl (C=O) groups is 3. The lowest BCUT2D eigenvalue weighted by Gasteiger charge is -2.59. The summed E-state index contributed by atoms with van der Waals surface area (Å²) < 4.78 is 27.7. The van der Waals surface area contributed by atoms with Gasteiger partial charge in [-0.2, -0.15) is 0 Å². The van der Waals surface area contributed by atoms with Gasteiger partial charge in [0.05, 0.1) is 18.1 Å². The molecule has 2 bridgehead atoms. The number of ether oxygens (including phenoxy) is 5. The molecule has 0 unspecified atom stereocenters. The molecule has 0 saturated heterocycles. The van der Waals surface area contributed by atoms with Crippen molar-refractivity contribution < 1.29 is 43.2 Å². The van der Waals surface area contributed by atoms with Gasteiger partial charge in [0.25, 0.3) is 0 Å². The highest BCUT2D eigenvalue weighted by Gasteiger charge is 2.71. The lowest BCUT2D eigenvalue weighted by Crippen LogP contribution is -2.67. The van der Waals surface area contributed by atoms with Gasteiger partial charge >= 0.3 is 17.9 Å². The van der Waals surface area contributed by atoms with Crippen molar-refractivity contribution in [3.05, 3.63) is 35.1 Å². The molecule has 1 N–H and O–H groups in total. The first-order valence-electron chi connectivity index (χ1n) is 12.0. The number of rotatable bonds is 6. The Kier molecular flexibility index (Phi) is 5.58. The van der Waals surface area contributed by atoms with Crippen molar-refractivity contribution in [3.63, 3.8) is 0 Å². The summed E-state index contributed by atoms with van der Waals surface area (Å²) in [5, 5.41) is 12.1. The second-order valence-electron chi connectivity index (χ2n) is 9.88. The fourth-order valence-corrected chi connectivity index (χ4v) is 6.50. The van der Waals surface area contributed by atoms with Gasteiger partial charge in [-0.1, -0.05) is 12.5 Å². The second-order valence-corrected chi connectivity index (χ2v) is 9.88. The van der Waals surface area contributed by atoms with E-state index in [0.29, 0.717) is 30.1 Å². The number of hydrogen-bond acceptors (Lipinski definition) is 9. The average molecular weight is 487 g/mol. The predicted octanol–water partition coefficient (Wildman–Crippen LogP) is 2.50. The van der Waals surface area contributed by atoms with Gasteiger partial charge in [0.15, 0.2) is 29.8 Å². The maximum Gasteiger partial charge on any atom is 0.352 e. The summed E-state index contributed by atoms with van der Waals surface area (Å²) in [6, 6.07) is 3.92. The largest absolute Gasteiger partial charge is 0.493 e. The molecular weight excluding hydrogens is 456 g/mol. The topological polar surface area (TPSA) is 118 Å². The molecule has 1 aliphatic heterocycles. The number of methoxy groups -OCH3 is 1. The predicted molar refractivity (Wildman–Crippen MR) is 121 cm³/mol. The van der Waals surface area contributed by atoms with E-state index in [4.69, 9.17) is 23.7 Å². The molecule has 9 nitrogen and oxygen atoms in total. The SMILES string of the molecule is COc1ccc2c3c1O[C@H]1C(OC(=O)[C@H](C)OC(=O)[C@H](C)OC(C)=O)=CC[C@@]4(O)[C@H](CCC[C@]314)C2. The van der Waals surface area contributed by atoms with E-state index >= 15 is 0 Å². The Morgan fingerprint density at radius 2 is 1.89 bits per heavy atom. The summed E-state index contributed by atoms with van der Waals surface area (Å²) in [6.07, 6.45) is 2.25. The third-order valence-corrected chi connectivity index (χ3v) is 7.99. The Morgan fingerprint density at radius 1 is 1.14 bits per heavy atom. The molecule has 4 aliphatic rings. The van der Waals surface area contributed by atoms with E-state index in [0.717, 1.165) is 30.4 Å². The molecule has 0 amide bonds. The third kappa shape index (κ3) is 3.35. The van der Waals surface area contributed by atoms with E-state index in [9.17, 15) is 19.5 Å².